The molecule has 0 spiro atoms. The highest BCUT2D eigenvalue weighted by atomic mass is 32.2. The Bertz CT molecular complexity index is 151. The molecule has 0 amide bonds. The lowest BCUT2D eigenvalue weighted by Gasteiger charge is -2.13. The first-order valence-electron chi connectivity index (χ1n) is 3.73. The summed E-state index contributed by atoms with van der Waals surface area (Å²) in [5.74, 6) is -0.0501. The van der Waals surface area contributed by atoms with Crippen LogP contribution in [0.1, 0.15) is 0 Å². The van der Waals surface area contributed by atoms with Gasteiger partial charge < -0.3 is 20.3 Å². The molecular weight excluding hydrogens is 194 g/mol. The molecule has 3 N–H and O–H groups in total. The number of methoxy groups -OCH3 is 2. The number of hydrogen-bond acceptors (Lipinski definition) is 5. The zero-order chi connectivity index (χ0) is 10.3. The molecule has 0 radical (unpaired) electrons. The maximum atomic E-state index is 10.3. The standard InChI is InChI=1S/C7H15NO4S/c1-11-6(12-2)4-13-3-5(8)7(9)10/h5-6H,3-4,8H2,1-2H3,(H,9,10)/t5-/m0/s1. The van der Waals surface area contributed by atoms with Crippen LogP contribution < -0.4 is 5.73 Å². The Labute approximate surface area is 81.6 Å². The minimum absolute atomic E-state index is 0.300. The van der Waals surface area contributed by atoms with Crippen molar-refractivity contribution in [1.82, 2.24) is 0 Å². The van der Waals surface area contributed by atoms with Crippen molar-refractivity contribution >= 4 is 17.7 Å². The average Bonchev–Trinajstić information content (AvgIpc) is 2.12. The highest BCUT2D eigenvalue weighted by molar-refractivity contribution is 7.99. The lowest BCUT2D eigenvalue weighted by Crippen LogP contribution is -2.33. The molecule has 0 aromatic heterocycles. The van der Waals surface area contributed by atoms with E-state index in [0.29, 0.717) is 11.5 Å². The fraction of sp³-hybridized carbons (Fsp3) is 0.857. The maximum absolute atomic E-state index is 10.3. The van der Waals surface area contributed by atoms with Gasteiger partial charge in [-0.25, -0.2) is 0 Å². The summed E-state index contributed by atoms with van der Waals surface area (Å²) in [6.45, 7) is 0. The number of rotatable bonds is 7. The van der Waals surface area contributed by atoms with Crippen molar-refractivity contribution in [3.8, 4) is 0 Å². The van der Waals surface area contributed by atoms with Crippen LogP contribution in [0, 0.1) is 0 Å². The van der Waals surface area contributed by atoms with Gasteiger partial charge in [0.1, 0.15) is 6.04 Å². The Morgan fingerprint density at radius 2 is 2.00 bits per heavy atom. The summed E-state index contributed by atoms with van der Waals surface area (Å²) in [6.07, 6.45) is -0.300. The van der Waals surface area contributed by atoms with Crippen LogP contribution >= 0.6 is 11.8 Å². The monoisotopic (exact) mass is 209 g/mol. The molecular formula is C7H15NO4S. The molecule has 5 nitrogen and oxygen atoms in total. The van der Waals surface area contributed by atoms with Gasteiger partial charge in [-0.3, -0.25) is 4.79 Å². The summed E-state index contributed by atoms with van der Waals surface area (Å²) in [4.78, 5) is 10.3. The van der Waals surface area contributed by atoms with Crippen LogP contribution in [0.15, 0.2) is 0 Å². The lowest BCUT2D eigenvalue weighted by atomic mass is 10.4. The van der Waals surface area contributed by atoms with Gasteiger partial charge in [-0.05, 0) is 0 Å². The summed E-state index contributed by atoms with van der Waals surface area (Å²) >= 11 is 1.39. The van der Waals surface area contributed by atoms with Crippen molar-refractivity contribution in [3.05, 3.63) is 0 Å². The predicted molar refractivity (Wildman–Crippen MR) is 50.7 cm³/mol. The highest BCUT2D eigenvalue weighted by Crippen LogP contribution is 2.06. The Morgan fingerprint density at radius 1 is 1.46 bits per heavy atom. The van der Waals surface area contributed by atoms with Crippen molar-refractivity contribution < 1.29 is 19.4 Å². The number of hydrogen-bond donors (Lipinski definition) is 2. The first-order valence-corrected chi connectivity index (χ1v) is 4.89. The van der Waals surface area contributed by atoms with Crippen molar-refractivity contribution in [3.63, 3.8) is 0 Å². The van der Waals surface area contributed by atoms with Gasteiger partial charge in [0.25, 0.3) is 0 Å². The minimum Gasteiger partial charge on any atom is -0.480 e. The summed E-state index contributed by atoms with van der Waals surface area (Å²) < 4.78 is 9.82. The van der Waals surface area contributed by atoms with Crippen LogP contribution in [0.3, 0.4) is 0 Å². The highest BCUT2D eigenvalue weighted by Gasteiger charge is 2.12. The molecule has 0 saturated heterocycles. The van der Waals surface area contributed by atoms with Crippen LogP contribution in [-0.4, -0.2) is 49.1 Å². The van der Waals surface area contributed by atoms with Crippen LogP contribution in [0.2, 0.25) is 0 Å². The van der Waals surface area contributed by atoms with E-state index in [4.69, 9.17) is 20.3 Å². The Kier molecular flexibility index (Phi) is 6.97. The zero-order valence-corrected chi connectivity index (χ0v) is 8.54. The second kappa shape index (κ2) is 7.14. The molecule has 0 aromatic carbocycles. The van der Waals surface area contributed by atoms with E-state index in [1.807, 2.05) is 0 Å². The zero-order valence-electron chi connectivity index (χ0n) is 7.73. The predicted octanol–water partition coefficient (Wildman–Crippen LogP) is -0.250. The van der Waals surface area contributed by atoms with Crippen LogP contribution in [-0.2, 0) is 14.3 Å². The van der Waals surface area contributed by atoms with Gasteiger partial charge in [-0.15, -0.1) is 0 Å². The molecule has 0 heterocycles. The Hall–Kier alpha value is -0.300. The van der Waals surface area contributed by atoms with Crippen LogP contribution in [0.4, 0.5) is 0 Å². The van der Waals surface area contributed by atoms with E-state index in [1.54, 1.807) is 0 Å². The van der Waals surface area contributed by atoms with Crippen LogP contribution in [0.25, 0.3) is 0 Å². The van der Waals surface area contributed by atoms with Gasteiger partial charge in [0.2, 0.25) is 0 Å². The number of thioether (sulfide) groups is 1. The quantitative estimate of drug-likeness (QED) is 0.563. The van der Waals surface area contributed by atoms with Gasteiger partial charge in [-0.2, -0.15) is 11.8 Å². The van der Waals surface area contributed by atoms with E-state index in [0.717, 1.165) is 0 Å². The first kappa shape index (κ1) is 12.7. The van der Waals surface area contributed by atoms with E-state index in [1.165, 1.54) is 26.0 Å². The summed E-state index contributed by atoms with van der Waals surface area (Å²) in [7, 11) is 3.07. The number of carbonyl (C=O) groups is 1. The van der Waals surface area contributed by atoms with Gasteiger partial charge >= 0.3 is 5.97 Å². The largest absolute Gasteiger partial charge is 0.480 e. The van der Waals surface area contributed by atoms with Gasteiger partial charge in [0.05, 0.1) is 0 Å². The number of carboxylic acid groups (broad SMARTS) is 1. The summed E-state index contributed by atoms with van der Waals surface area (Å²) in [5, 5.41) is 8.46. The van der Waals surface area contributed by atoms with Crippen molar-refractivity contribution in [2.45, 2.75) is 12.3 Å². The van der Waals surface area contributed by atoms with Gasteiger partial charge in [0.15, 0.2) is 6.29 Å². The molecule has 0 unspecified atom stereocenters. The van der Waals surface area contributed by atoms with Gasteiger partial charge in [0, 0.05) is 25.7 Å². The number of nitrogens with two attached hydrogens (primary N) is 1. The second-order valence-corrected chi connectivity index (χ2v) is 3.46. The second-order valence-electron chi connectivity index (χ2n) is 2.38. The molecule has 0 bridgehead atoms. The van der Waals surface area contributed by atoms with E-state index in [9.17, 15) is 4.79 Å². The number of aliphatic carboxylic acids is 1. The Morgan fingerprint density at radius 3 is 2.38 bits per heavy atom. The molecule has 0 fully saturated rings. The third kappa shape index (κ3) is 5.87. The molecule has 0 aliphatic carbocycles. The molecule has 0 saturated carbocycles. The van der Waals surface area contributed by atoms with Gasteiger partial charge in [-0.1, -0.05) is 0 Å². The number of carboxylic acids is 1. The topological polar surface area (TPSA) is 81.8 Å². The minimum atomic E-state index is -0.987. The van der Waals surface area contributed by atoms with Crippen molar-refractivity contribution in [2.75, 3.05) is 25.7 Å². The van der Waals surface area contributed by atoms with E-state index in [2.05, 4.69) is 0 Å². The van der Waals surface area contributed by atoms with Crippen molar-refractivity contribution in [2.24, 2.45) is 5.73 Å². The SMILES string of the molecule is COC(CSC[C@H](N)C(=O)O)OC. The molecule has 13 heavy (non-hydrogen) atoms. The van der Waals surface area contributed by atoms with E-state index in [-0.39, 0.29) is 6.29 Å². The molecule has 1 atom stereocenters. The fourth-order valence-electron chi connectivity index (χ4n) is 0.595. The average molecular weight is 209 g/mol. The third-order valence-electron chi connectivity index (χ3n) is 1.39. The lowest BCUT2D eigenvalue weighted by molar-refractivity contribution is -0.137. The normalized spacial score (nSPS) is 13.2. The van der Waals surface area contributed by atoms with E-state index >= 15 is 0 Å². The molecule has 0 aliphatic rings. The summed E-state index contributed by atoms with van der Waals surface area (Å²) in [6, 6.07) is -0.820. The third-order valence-corrected chi connectivity index (χ3v) is 2.50. The number of ether oxygens (including phenoxy) is 2. The molecule has 0 rings (SSSR count). The fourth-order valence-corrected chi connectivity index (χ4v) is 1.59. The van der Waals surface area contributed by atoms with Crippen LogP contribution in [0.5, 0.6) is 0 Å². The van der Waals surface area contributed by atoms with Crippen molar-refractivity contribution in [1.29, 1.82) is 0 Å². The first-order chi connectivity index (χ1) is 6.11. The molecule has 0 aromatic rings. The molecule has 6 heteroatoms. The Balaban J connectivity index is 3.48. The smallest absolute Gasteiger partial charge is 0.321 e. The van der Waals surface area contributed by atoms with E-state index < -0.39 is 12.0 Å². The molecule has 78 valence electrons. The molecule has 0 aliphatic heterocycles. The maximum Gasteiger partial charge on any atom is 0.321 e. The summed E-state index contributed by atoms with van der Waals surface area (Å²) in [5.41, 5.74) is 5.28.